The Morgan fingerprint density at radius 3 is 2.29 bits per heavy atom. The van der Waals surface area contributed by atoms with E-state index in [1.54, 1.807) is 0 Å². The molecule has 0 radical (unpaired) electrons. The SMILES string of the molecule is CCCCCCCCCCn1ccnc1CNCCCC. The highest BCUT2D eigenvalue weighted by Gasteiger charge is 2.01. The summed E-state index contributed by atoms with van der Waals surface area (Å²) >= 11 is 0. The molecule has 1 heterocycles. The first-order chi connectivity index (χ1) is 10.4. The normalized spacial score (nSPS) is 11.1. The number of nitrogens with zero attached hydrogens (tertiary/aromatic N) is 2. The first-order valence-electron chi connectivity index (χ1n) is 9.09. The van der Waals surface area contributed by atoms with E-state index in [4.69, 9.17) is 0 Å². The summed E-state index contributed by atoms with van der Waals surface area (Å²) in [5.74, 6) is 1.19. The van der Waals surface area contributed by atoms with E-state index in [2.05, 4.69) is 34.9 Å². The summed E-state index contributed by atoms with van der Waals surface area (Å²) in [7, 11) is 0. The van der Waals surface area contributed by atoms with E-state index in [9.17, 15) is 0 Å². The van der Waals surface area contributed by atoms with Crippen molar-refractivity contribution in [3.63, 3.8) is 0 Å². The smallest absolute Gasteiger partial charge is 0.122 e. The molecule has 0 aromatic carbocycles. The maximum absolute atomic E-state index is 4.46. The van der Waals surface area contributed by atoms with Gasteiger partial charge in [-0.3, -0.25) is 0 Å². The molecular weight excluding hydrogens is 258 g/mol. The van der Waals surface area contributed by atoms with Crippen molar-refractivity contribution in [3.05, 3.63) is 18.2 Å². The van der Waals surface area contributed by atoms with Crippen LogP contribution in [-0.4, -0.2) is 16.1 Å². The van der Waals surface area contributed by atoms with Gasteiger partial charge in [-0.15, -0.1) is 0 Å². The van der Waals surface area contributed by atoms with Crippen molar-refractivity contribution in [1.82, 2.24) is 14.9 Å². The lowest BCUT2D eigenvalue weighted by Gasteiger charge is -2.09. The van der Waals surface area contributed by atoms with Gasteiger partial charge in [0.05, 0.1) is 6.54 Å². The highest BCUT2D eigenvalue weighted by molar-refractivity contribution is 4.91. The van der Waals surface area contributed by atoms with Crippen molar-refractivity contribution in [2.45, 2.75) is 91.1 Å². The molecule has 0 saturated carbocycles. The van der Waals surface area contributed by atoms with Crippen LogP contribution in [0.25, 0.3) is 0 Å². The number of nitrogens with one attached hydrogen (secondary N) is 1. The summed E-state index contributed by atoms with van der Waals surface area (Å²) in [6, 6.07) is 0. The third kappa shape index (κ3) is 8.92. The van der Waals surface area contributed by atoms with Crippen LogP contribution in [0.15, 0.2) is 12.4 Å². The Balaban J connectivity index is 2.05. The topological polar surface area (TPSA) is 29.9 Å². The largest absolute Gasteiger partial charge is 0.334 e. The molecule has 0 spiro atoms. The molecule has 0 unspecified atom stereocenters. The predicted octanol–water partition coefficient (Wildman–Crippen LogP) is 4.91. The van der Waals surface area contributed by atoms with Gasteiger partial charge in [0.1, 0.15) is 5.82 Å². The van der Waals surface area contributed by atoms with Crippen molar-refractivity contribution in [1.29, 1.82) is 0 Å². The van der Waals surface area contributed by atoms with E-state index in [1.165, 1.54) is 70.0 Å². The lowest BCUT2D eigenvalue weighted by molar-refractivity contribution is 0.524. The summed E-state index contributed by atoms with van der Waals surface area (Å²) in [5.41, 5.74) is 0. The molecule has 0 saturated heterocycles. The van der Waals surface area contributed by atoms with Crippen LogP contribution in [0.5, 0.6) is 0 Å². The van der Waals surface area contributed by atoms with Gasteiger partial charge in [0.2, 0.25) is 0 Å². The number of unbranched alkanes of at least 4 members (excludes halogenated alkanes) is 8. The molecule has 0 aliphatic carbocycles. The first kappa shape index (κ1) is 18.2. The van der Waals surface area contributed by atoms with Gasteiger partial charge in [0.25, 0.3) is 0 Å². The molecule has 21 heavy (non-hydrogen) atoms. The summed E-state index contributed by atoms with van der Waals surface area (Å²) < 4.78 is 2.32. The molecule has 0 amide bonds. The Labute approximate surface area is 131 Å². The summed E-state index contributed by atoms with van der Waals surface area (Å²) in [5, 5.41) is 3.48. The molecule has 122 valence electrons. The van der Waals surface area contributed by atoms with Crippen molar-refractivity contribution in [2.24, 2.45) is 0 Å². The van der Waals surface area contributed by atoms with Gasteiger partial charge in [0, 0.05) is 18.9 Å². The lowest BCUT2D eigenvalue weighted by Crippen LogP contribution is -2.18. The average molecular weight is 293 g/mol. The van der Waals surface area contributed by atoms with Crippen LogP contribution in [0.2, 0.25) is 0 Å². The molecule has 1 aromatic heterocycles. The van der Waals surface area contributed by atoms with E-state index in [1.807, 2.05) is 6.20 Å². The number of hydrogen-bond donors (Lipinski definition) is 1. The van der Waals surface area contributed by atoms with Crippen molar-refractivity contribution in [3.8, 4) is 0 Å². The van der Waals surface area contributed by atoms with Gasteiger partial charge in [-0.1, -0.05) is 65.2 Å². The van der Waals surface area contributed by atoms with E-state index < -0.39 is 0 Å². The Hall–Kier alpha value is -0.830. The molecule has 3 heteroatoms. The molecule has 1 N–H and O–H groups in total. The number of aromatic nitrogens is 2. The van der Waals surface area contributed by atoms with Gasteiger partial charge in [-0.25, -0.2) is 4.98 Å². The Morgan fingerprint density at radius 1 is 0.905 bits per heavy atom. The van der Waals surface area contributed by atoms with Crippen LogP contribution in [0.1, 0.15) is 83.9 Å². The zero-order chi connectivity index (χ0) is 15.2. The van der Waals surface area contributed by atoms with E-state index in [0.717, 1.165) is 19.6 Å². The van der Waals surface area contributed by atoms with E-state index >= 15 is 0 Å². The number of aryl methyl sites for hydroxylation is 1. The molecule has 0 fully saturated rings. The fourth-order valence-corrected chi connectivity index (χ4v) is 2.63. The standard InChI is InChI=1S/C18H35N3/c1-3-5-7-8-9-10-11-12-15-21-16-14-20-18(21)17-19-13-6-4-2/h14,16,19H,3-13,15,17H2,1-2H3. The van der Waals surface area contributed by atoms with Crippen LogP contribution < -0.4 is 5.32 Å². The highest BCUT2D eigenvalue weighted by atomic mass is 15.1. The lowest BCUT2D eigenvalue weighted by atomic mass is 10.1. The molecule has 1 rings (SSSR count). The monoisotopic (exact) mass is 293 g/mol. The zero-order valence-electron chi connectivity index (χ0n) is 14.2. The first-order valence-corrected chi connectivity index (χ1v) is 9.09. The number of imidazole rings is 1. The van der Waals surface area contributed by atoms with Gasteiger partial charge >= 0.3 is 0 Å². The zero-order valence-corrected chi connectivity index (χ0v) is 14.2. The molecule has 0 bridgehead atoms. The second-order valence-corrected chi connectivity index (χ2v) is 6.04. The van der Waals surface area contributed by atoms with Crippen LogP contribution in [0.4, 0.5) is 0 Å². The van der Waals surface area contributed by atoms with Crippen molar-refractivity contribution < 1.29 is 0 Å². The van der Waals surface area contributed by atoms with Crippen LogP contribution in [0, 0.1) is 0 Å². The molecule has 0 atom stereocenters. The quantitative estimate of drug-likeness (QED) is 0.494. The maximum Gasteiger partial charge on any atom is 0.122 e. The minimum absolute atomic E-state index is 0.907. The van der Waals surface area contributed by atoms with E-state index in [0.29, 0.717) is 0 Å². The van der Waals surface area contributed by atoms with Crippen LogP contribution in [-0.2, 0) is 13.1 Å². The second kappa shape index (κ2) is 12.9. The number of hydrogen-bond acceptors (Lipinski definition) is 2. The fraction of sp³-hybridized carbons (Fsp3) is 0.833. The predicted molar refractivity (Wildman–Crippen MR) is 91.5 cm³/mol. The average Bonchev–Trinajstić information content (AvgIpc) is 2.94. The molecule has 3 nitrogen and oxygen atoms in total. The maximum atomic E-state index is 4.46. The molecular formula is C18H35N3. The minimum Gasteiger partial charge on any atom is -0.334 e. The second-order valence-electron chi connectivity index (χ2n) is 6.04. The van der Waals surface area contributed by atoms with Gasteiger partial charge in [0.15, 0.2) is 0 Å². The van der Waals surface area contributed by atoms with Crippen LogP contribution in [0.3, 0.4) is 0 Å². The molecule has 0 aliphatic rings. The van der Waals surface area contributed by atoms with Gasteiger partial charge in [-0.2, -0.15) is 0 Å². The fourth-order valence-electron chi connectivity index (χ4n) is 2.63. The molecule has 1 aromatic rings. The highest BCUT2D eigenvalue weighted by Crippen LogP contribution is 2.09. The van der Waals surface area contributed by atoms with E-state index in [-0.39, 0.29) is 0 Å². The van der Waals surface area contributed by atoms with Crippen molar-refractivity contribution in [2.75, 3.05) is 6.54 Å². The third-order valence-electron chi connectivity index (χ3n) is 4.04. The number of rotatable bonds is 14. The minimum atomic E-state index is 0.907. The van der Waals surface area contributed by atoms with Gasteiger partial charge in [-0.05, 0) is 19.4 Å². The van der Waals surface area contributed by atoms with Gasteiger partial charge < -0.3 is 9.88 Å². The van der Waals surface area contributed by atoms with Crippen molar-refractivity contribution >= 4 is 0 Å². The Morgan fingerprint density at radius 2 is 1.57 bits per heavy atom. The summed E-state index contributed by atoms with van der Waals surface area (Å²) in [4.78, 5) is 4.46. The summed E-state index contributed by atoms with van der Waals surface area (Å²) in [6.07, 6.45) is 17.6. The Kier molecular flexibility index (Phi) is 11.2. The third-order valence-corrected chi connectivity index (χ3v) is 4.04. The molecule has 0 aliphatic heterocycles. The summed E-state index contributed by atoms with van der Waals surface area (Å²) in [6.45, 7) is 7.63. The Bertz CT molecular complexity index is 333. The van der Waals surface area contributed by atoms with Crippen LogP contribution >= 0.6 is 0 Å².